The highest BCUT2D eigenvalue weighted by Crippen LogP contribution is 2.43. The van der Waals surface area contributed by atoms with Gasteiger partial charge in [0.15, 0.2) is 5.11 Å². The van der Waals surface area contributed by atoms with Gasteiger partial charge in [-0.1, -0.05) is 48.0 Å². The van der Waals surface area contributed by atoms with Crippen LogP contribution in [0.15, 0.2) is 103 Å². The summed E-state index contributed by atoms with van der Waals surface area (Å²) >= 11 is 12.5. The van der Waals surface area contributed by atoms with E-state index in [4.69, 9.17) is 28.6 Å². The molecule has 2 aromatic heterocycles. The molecule has 5 aromatic rings. The normalized spacial score (nSPS) is 16.8. The predicted octanol–water partition coefficient (Wildman–Crippen LogP) is 6.44. The van der Waals surface area contributed by atoms with Gasteiger partial charge in [0.1, 0.15) is 12.6 Å². The molecule has 200 valence electrons. The molecule has 7 nitrogen and oxygen atoms in total. The van der Waals surface area contributed by atoms with Gasteiger partial charge in [0.2, 0.25) is 5.91 Å². The van der Waals surface area contributed by atoms with E-state index in [1.54, 1.807) is 12.3 Å². The summed E-state index contributed by atoms with van der Waals surface area (Å²) in [6.45, 7) is -0.0577. The molecule has 1 fully saturated rings. The van der Waals surface area contributed by atoms with E-state index in [9.17, 15) is 4.79 Å². The summed E-state index contributed by atoms with van der Waals surface area (Å²) in [6, 6.07) is 29.8. The van der Waals surface area contributed by atoms with Crippen molar-refractivity contribution in [2.45, 2.75) is 12.1 Å². The van der Waals surface area contributed by atoms with Gasteiger partial charge in [0.05, 0.1) is 22.4 Å². The molecule has 0 saturated carbocycles. The van der Waals surface area contributed by atoms with Crippen LogP contribution in [-0.4, -0.2) is 34.3 Å². The first-order chi connectivity index (χ1) is 19.5. The number of carbonyl (C=O) groups excluding carboxylic acids is 1. The molecule has 3 heterocycles. The fourth-order valence-electron chi connectivity index (χ4n) is 5.20. The second kappa shape index (κ2) is 11.1. The number of nitrogens with one attached hydrogen (secondary N) is 2. The zero-order valence-corrected chi connectivity index (χ0v) is 23.2. The lowest BCUT2D eigenvalue weighted by atomic mass is 10.0. The van der Waals surface area contributed by atoms with Crippen LogP contribution in [-0.2, 0) is 9.53 Å². The lowest BCUT2D eigenvalue weighted by molar-refractivity contribution is -0.119. The smallest absolute Gasteiger partial charge is 0.250 e. The van der Waals surface area contributed by atoms with E-state index in [0.717, 1.165) is 28.1 Å². The molecule has 2 atom stereocenters. The molecule has 6 rings (SSSR count). The summed E-state index contributed by atoms with van der Waals surface area (Å²) in [5.41, 5.74) is 4.25. The molecule has 40 heavy (non-hydrogen) atoms. The molecule has 1 saturated heterocycles. The molecule has 0 unspecified atom stereocenters. The minimum absolute atomic E-state index is 0.0577. The second-order valence-electron chi connectivity index (χ2n) is 9.48. The number of aromatic nitrogens is 2. The Bertz CT molecular complexity index is 1710. The van der Waals surface area contributed by atoms with E-state index in [1.165, 1.54) is 12.5 Å². The first kappa shape index (κ1) is 26.0. The Morgan fingerprint density at radius 1 is 1.00 bits per heavy atom. The average Bonchev–Trinajstić information content (AvgIpc) is 3.59. The third-order valence-electron chi connectivity index (χ3n) is 6.97. The van der Waals surface area contributed by atoms with E-state index in [1.807, 2.05) is 48.5 Å². The van der Waals surface area contributed by atoms with Crippen molar-refractivity contribution < 1.29 is 9.53 Å². The number of carbonyl (C=O) groups is 1. The summed E-state index contributed by atoms with van der Waals surface area (Å²) in [7, 11) is 1.47. The fraction of sp³-hybridized carbons (Fsp3) is 0.129. The maximum Gasteiger partial charge on any atom is 0.250 e. The van der Waals surface area contributed by atoms with Crippen LogP contribution < -0.4 is 15.5 Å². The number of ether oxygens (including phenoxy) is 1. The van der Waals surface area contributed by atoms with Gasteiger partial charge in [0, 0.05) is 36.6 Å². The van der Waals surface area contributed by atoms with E-state index in [-0.39, 0.29) is 24.6 Å². The minimum atomic E-state index is -0.281. The Labute approximate surface area is 242 Å². The van der Waals surface area contributed by atoms with Gasteiger partial charge < -0.3 is 24.8 Å². The highest BCUT2D eigenvalue weighted by Gasteiger charge is 2.42. The van der Waals surface area contributed by atoms with Crippen LogP contribution >= 0.6 is 23.8 Å². The van der Waals surface area contributed by atoms with Crippen LogP contribution in [0.25, 0.3) is 16.5 Å². The maximum atomic E-state index is 12.1. The van der Waals surface area contributed by atoms with Crippen LogP contribution in [0.5, 0.6) is 0 Å². The molecular weight excluding hydrogens is 542 g/mol. The van der Waals surface area contributed by atoms with Crippen molar-refractivity contribution in [3.8, 4) is 5.69 Å². The molecule has 0 aliphatic carbocycles. The van der Waals surface area contributed by atoms with Gasteiger partial charge in [-0.3, -0.25) is 9.78 Å². The number of anilines is 2. The van der Waals surface area contributed by atoms with Gasteiger partial charge in [-0.15, -0.1) is 0 Å². The Kier molecular flexibility index (Phi) is 7.21. The van der Waals surface area contributed by atoms with Crippen LogP contribution in [0.4, 0.5) is 11.4 Å². The molecule has 1 amide bonds. The molecule has 1 aliphatic rings. The topological polar surface area (TPSA) is 71.4 Å². The highest BCUT2D eigenvalue weighted by atomic mass is 35.5. The number of thiocarbonyl (C=S) groups is 1. The number of methoxy groups -OCH3 is 1. The highest BCUT2D eigenvalue weighted by molar-refractivity contribution is 7.80. The summed E-state index contributed by atoms with van der Waals surface area (Å²) < 4.78 is 7.11. The molecule has 0 spiro atoms. The largest absolute Gasteiger partial charge is 0.375 e. The number of pyridine rings is 1. The summed E-state index contributed by atoms with van der Waals surface area (Å²) in [5.74, 6) is -0.281. The van der Waals surface area contributed by atoms with Crippen molar-refractivity contribution in [2.75, 3.05) is 23.9 Å². The number of hydrogen-bond donors (Lipinski definition) is 2. The number of rotatable bonds is 7. The Hall–Kier alpha value is -4.24. The summed E-state index contributed by atoms with van der Waals surface area (Å²) in [5, 5.41) is 9.58. The van der Waals surface area contributed by atoms with Crippen LogP contribution in [0.3, 0.4) is 0 Å². The Balaban J connectivity index is 1.44. The quantitative estimate of drug-likeness (QED) is 0.221. The van der Waals surface area contributed by atoms with Crippen LogP contribution in [0.2, 0.25) is 5.02 Å². The van der Waals surface area contributed by atoms with Gasteiger partial charge in [-0.25, -0.2) is 0 Å². The maximum absolute atomic E-state index is 12.1. The molecule has 9 heteroatoms. The van der Waals surface area contributed by atoms with Gasteiger partial charge >= 0.3 is 0 Å². The molecule has 2 N–H and O–H groups in total. The molecule has 0 bridgehead atoms. The summed E-state index contributed by atoms with van der Waals surface area (Å²) in [6.07, 6.45) is 3.85. The second-order valence-corrected chi connectivity index (χ2v) is 10.3. The van der Waals surface area contributed by atoms with E-state index in [0.29, 0.717) is 15.8 Å². The number of amides is 1. The van der Waals surface area contributed by atoms with Crippen LogP contribution in [0, 0.1) is 0 Å². The zero-order valence-electron chi connectivity index (χ0n) is 21.6. The van der Waals surface area contributed by atoms with E-state index >= 15 is 0 Å². The lowest BCUT2D eigenvalue weighted by Gasteiger charge is -2.29. The van der Waals surface area contributed by atoms with E-state index in [2.05, 4.69) is 67.7 Å². The van der Waals surface area contributed by atoms with Crippen molar-refractivity contribution in [1.82, 2.24) is 14.9 Å². The third kappa shape index (κ3) is 4.93. The monoisotopic (exact) mass is 567 g/mol. The average molecular weight is 568 g/mol. The molecule has 1 aliphatic heterocycles. The van der Waals surface area contributed by atoms with E-state index < -0.39 is 0 Å². The summed E-state index contributed by atoms with van der Waals surface area (Å²) in [4.78, 5) is 18.8. The van der Waals surface area contributed by atoms with Gasteiger partial charge in [0.25, 0.3) is 0 Å². The predicted molar refractivity (Wildman–Crippen MR) is 163 cm³/mol. The Morgan fingerprint density at radius 2 is 1.80 bits per heavy atom. The number of nitrogens with zero attached hydrogens (tertiary/aromatic N) is 3. The Morgan fingerprint density at radius 3 is 2.58 bits per heavy atom. The molecular formula is C31H26ClN5O2S. The van der Waals surface area contributed by atoms with Crippen molar-refractivity contribution in [1.29, 1.82) is 0 Å². The van der Waals surface area contributed by atoms with Crippen molar-refractivity contribution in [3.05, 3.63) is 120 Å². The SMILES string of the molecule is COCC(=O)Nc1ccc(N2C(=S)N[C@@H](c3ccccn3)[C@@H]2c2cccn2-c2ccc3ccccc3c2)cc1Cl. The number of halogens is 1. The van der Waals surface area contributed by atoms with Crippen molar-refractivity contribution in [3.63, 3.8) is 0 Å². The molecule has 3 aromatic carbocycles. The van der Waals surface area contributed by atoms with Crippen molar-refractivity contribution in [2.24, 2.45) is 0 Å². The minimum Gasteiger partial charge on any atom is -0.375 e. The lowest BCUT2D eigenvalue weighted by Crippen LogP contribution is -2.30. The van der Waals surface area contributed by atoms with Gasteiger partial charge in [-0.05, 0) is 77.6 Å². The standard InChI is InChI=1S/C31H26ClN5O2S/c1-39-19-28(38)34-25-14-13-23(18-24(25)32)37-30(29(35-31(37)40)26-9-4-5-15-33-26)27-10-6-16-36(27)22-12-11-20-7-2-3-8-21(20)17-22/h2-18,29-30H,19H2,1H3,(H,34,38)(H,35,40)/t29-,30-/m0/s1. The fourth-order valence-corrected chi connectivity index (χ4v) is 5.77. The van der Waals surface area contributed by atoms with Crippen molar-refractivity contribution >= 4 is 57.0 Å². The van der Waals surface area contributed by atoms with Crippen LogP contribution in [0.1, 0.15) is 23.5 Å². The number of benzene rings is 3. The number of hydrogen-bond acceptors (Lipinski definition) is 4. The molecule has 0 radical (unpaired) electrons. The third-order valence-corrected chi connectivity index (χ3v) is 7.60. The van der Waals surface area contributed by atoms with Gasteiger partial charge in [-0.2, -0.15) is 0 Å². The zero-order chi connectivity index (χ0) is 27.6. The first-order valence-electron chi connectivity index (χ1n) is 12.8. The first-order valence-corrected chi connectivity index (χ1v) is 13.6. The number of fused-ring (bicyclic) bond motifs is 1.